The number of hydrogen-bond donors (Lipinski definition) is 1. The van der Waals surface area contributed by atoms with Gasteiger partial charge in [0, 0.05) is 6.92 Å². The second kappa shape index (κ2) is 3.41. The first-order valence-electron chi connectivity index (χ1n) is 4.13. The van der Waals surface area contributed by atoms with E-state index in [1.54, 1.807) is 11.0 Å². The van der Waals surface area contributed by atoms with Crippen molar-refractivity contribution in [3.63, 3.8) is 0 Å². The largest absolute Gasteiger partial charge is 0.338 e. The van der Waals surface area contributed by atoms with Crippen LogP contribution in [0.25, 0.3) is 0 Å². The summed E-state index contributed by atoms with van der Waals surface area (Å²) in [5.41, 5.74) is 0.514. The highest BCUT2D eigenvalue weighted by Gasteiger charge is 2.04. The van der Waals surface area contributed by atoms with Crippen LogP contribution in [0.4, 0.5) is 0 Å². The molecule has 0 aliphatic heterocycles. The molecule has 0 bridgehead atoms. The van der Waals surface area contributed by atoms with Crippen LogP contribution in [-0.2, 0) is 6.54 Å². The average molecular weight is 191 g/mol. The summed E-state index contributed by atoms with van der Waals surface area (Å²) in [5.74, 6) is 0.669. The third-order valence-electron chi connectivity index (χ3n) is 1.79. The van der Waals surface area contributed by atoms with Gasteiger partial charge >= 0.3 is 0 Å². The van der Waals surface area contributed by atoms with Crippen LogP contribution in [0.1, 0.15) is 23.2 Å². The standard InChI is InChI=1S/C8H9N5O/c1-6(14)7-2-10-8(12-7)3-13-5-9-4-11-13/h2,4-5H,3H2,1H3,(H,10,12). The Labute approximate surface area is 80.0 Å². The summed E-state index contributed by atoms with van der Waals surface area (Å²) < 4.78 is 1.63. The number of aromatic amines is 1. The molecule has 6 nitrogen and oxygen atoms in total. The molecule has 0 saturated carbocycles. The van der Waals surface area contributed by atoms with Gasteiger partial charge < -0.3 is 4.98 Å². The van der Waals surface area contributed by atoms with E-state index in [1.807, 2.05) is 0 Å². The van der Waals surface area contributed by atoms with E-state index < -0.39 is 0 Å². The molecule has 0 fully saturated rings. The van der Waals surface area contributed by atoms with E-state index in [9.17, 15) is 4.79 Å². The number of hydrogen-bond acceptors (Lipinski definition) is 4. The van der Waals surface area contributed by atoms with Gasteiger partial charge in [-0.15, -0.1) is 0 Å². The number of ketones is 1. The Balaban J connectivity index is 2.14. The number of imidazole rings is 1. The first kappa shape index (κ1) is 8.61. The van der Waals surface area contributed by atoms with Crippen LogP contribution in [-0.4, -0.2) is 30.5 Å². The number of H-pyrrole nitrogens is 1. The van der Waals surface area contributed by atoms with Crippen molar-refractivity contribution in [3.05, 3.63) is 30.4 Å². The molecule has 72 valence electrons. The number of Topliss-reactive ketones (excluding diaryl/α,β-unsaturated/α-hetero) is 1. The molecule has 2 aromatic rings. The molecule has 0 unspecified atom stereocenters. The molecule has 2 rings (SSSR count). The molecule has 0 amide bonds. The highest BCUT2D eigenvalue weighted by atomic mass is 16.1. The van der Waals surface area contributed by atoms with Gasteiger partial charge in [-0.25, -0.2) is 14.6 Å². The summed E-state index contributed by atoms with van der Waals surface area (Å²) >= 11 is 0. The van der Waals surface area contributed by atoms with Gasteiger partial charge in [0.2, 0.25) is 0 Å². The number of carbonyl (C=O) groups is 1. The SMILES string of the molecule is CC(=O)c1cnc(Cn2cncn2)[nH]1. The summed E-state index contributed by atoms with van der Waals surface area (Å²) in [6.45, 7) is 1.99. The maximum absolute atomic E-state index is 11.0. The molecular formula is C8H9N5O. The molecule has 0 aromatic carbocycles. The molecular weight excluding hydrogens is 182 g/mol. The van der Waals surface area contributed by atoms with Gasteiger partial charge in [-0.2, -0.15) is 5.10 Å². The second-order valence-corrected chi connectivity index (χ2v) is 2.89. The maximum Gasteiger partial charge on any atom is 0.177 e. The zero-order valence-electron chi connectivity index (χ0n) is 7.64. The predicted octanol–water partition coefficient (Wildman–Crippen LogP) is 0.252. The Hall–Kier alpha value is -1.98. The lowest BCUT2D eigenvalue weighted by Crippen LogP contribution is -2.02. The van der Waals surface area contributed by atoms with Crippen LogP contribution in [0, 0.1) is 0 Å². The van der Waals surface area contributed by atoms with Crippen molar-refractivity contribution >= 4 is 5.78 Å². The normalized spacial score (nSPS) is 10.4. The lowest BCUT2D eigenvalue weighted by atomic mass is 10.3. The van der Waals surface area contributed by atoms with Gasteiger partial charge in [0.15, 0.2) is 5.78 Å². The Morgan fingerprint density at radius 1 is 1.64 bits per heavy atom. The van der Waals surface area contributed by atoms with Crippen molar-refractivity contribution in [2.45, 2.75) is 13.5 Å². The lowest BCUT2D eigenvalue weighted by Gasteiger charge is -1.94. The van der Waals surface area contributed by atoms with E-state index in [0.717, 1.165) is 0 Å². The van der Waals surface area contributed by atoms with Crippen molar-refractivity contribution in [1.82, 2.24) is 24.7 Å². The minimum Gasteiger partial charge on any atom is -0.338 e. The molecule has 14 heavy (non-hydrogen) atoms. The third kappa shape index (κ3) is 1.68. The fraction of sp³-hybridized carbons (Fsp3) is 0.250. The molecule has 0 atom stereocenters. The topological polar surface area (TPSA) is 76.5 Å². The number of nitrogens with zero attached hydrogens (tertiary/aromatic N) is 4. The van der Waals surface area contributed by atoms with Crippen LogP contribution in [0.2, 0.25) is 0 Å². The smallest absolute Gasteiger partial charge is 0.177 e. The quantitative estimate of drug-likeness (QED) is 0.705. The monoisotopic (exact) mass is 191 g/mol. The Morgan fingerprint density at radius 2 is 2.50 bits per heavy atom. The third-order valence-corrected chi connectivity index (χ3v) is 1.79. The van der Waals surface area contributed by atoms with Gasteiger partial charge in [-0.1, -0.05) is 0 Å². The van der Waals surface area contributed by atoms with Crippen molar-refractivity contribution in [2.75, 3.05) is 0 Å². The van der Waals surface area contributed by atoms with Crippen LogP contribution >= 0.6 is 0 Å². The first-order chi connectivity index (χ1) is 6.75. The van der Waals surface area contributed by atoms with Crippen molar-refractivity contribution in [3.8, 4) is 0 Å². The van der Waals surface area contributed by atoms with E-state index >= 15 is 0 Å². The first-order valence-corrected chi connectivity index (χ1v) is 4.13. The Morgan fingerprint density at radius 3 is 3.07 bits per heavy atom. The van der Waals surface area contributed by atoms with Gasteiger partial charge in [0.25, 0.3) is 0 Å². The van der Waals surface area contributed by atoms with E-state index in [0.29, 0.717) is 18.1 Å². The number of aromatic nitrogens is 5. The number of rotatable bonds is 3. The lowest BCUT2D eigenvalue weighted by molar-refractivity contribution is 0.101. The Bertz CT molecular complexity index is 430. The molecule has 0 spiro atoms. The Kier molecular flexibility index (Phi) is 2.10. The summed E-state index contributed by atoms with van der Waals surface area (Å²) in [6, 6.07) is 0. The van der Waals surface area contributed by atoms with E-state index in [-0.39, 0.29) is 5.78 Å². The summed E-state index contributed by atoms with van der Waals surface area (Å²) in [4.78, 5) is 21.7. The summed E-state index contributed by atoms with van der Waals surface area (Å²) in [6.07, 6.45) is 4.57. The van der Waals surface area contributed by atoms with Crippen molar-refractivity contribution in [2.24, 2.45) is 0 Å². The predicted molar refractivity (Wildman–Crippen MR) is 47.7 cm³/mol. The van der Waals surface area contributed by atoms with Crippen LogP contribution < -0.4 is 0 Å². The molecule has 2 aromatic heterocycles. The fourth-order valence-corrected chi connectivity index (χ4v) is 1.09. The molecule has 0 saturated heterocycles. The summed E-state index contributed by atoms with van der Waals surface area (Å²) in [5, 5.41) is 3.93. The second-order valence-electron chi connectivity index (χ2n) is 2.89. The van der Waals surface area contributed by atoms with Crippen molar-refractivity contribution in [1.29, 1.82) is 0 Å². The van der Waals surface area contributed by atoms with Gasteiger partial charge in [0.05, 0.1) is 6.20 Å². The average Bonchev–Trinajstić information content (AvgIpc) is 2.75. The van der Waals surface area contributed by atoms with E-state index in [2.05, 4.69) is 20.1 Å². The van der Waals surface area contributed by atoms with Gasteiger partial charge in [-0.05, 0) is 0 Å². The highest BCUT2D eigenvalue weighted by Crippen LogP contribution is 1.99. The number of carbonyl (C=O) groups excluding carboxylic acids is 1. The molecule has 0 aliphatic carbocycles. The van der Waals surface area contributed by atoms with Crippen molar-refractivity contribution < 1.29 is 4.79 Å². The van der Waals surface area contributed by atoms with Gasteiger partial charge in [0.1, 0.15) is 30.7 Å². The van der Waals surface area contributed by atoms with E-state index in [4.69, 9.17) is 0 Å². The zero-order chi connectivity index (χ0) is 9.97. The minimum atomic E-state index is -0.0256. The maximum atomic E-state index is 11.0. The highest BCUT2D eigenvalue weighted by molar-refractivity contribution is 5.91. The van der Waals surface area contributed by atoms with Gasteiger partial charge in [-0.3, -0.25) is 4.79 Å². The molecule has 2 heterocycles. The van der Waals surface area contributed by atoms with E-state index in [1.165, 1.54) is 19.4 Å². The van der Waals surface area contributed by atoms with Crippen LogP contribution in [0.3, 0.4) is 0 Å². The fourth-order valence-electron chi connectivity index (χ4n) is 1.09. The minimum absolute atomic E-state index is 0.0256. The molecule has 0 radical (unpaired) electrons. The molecule has 1 N–H and O–H groups in total. The number of nitrogens with one attached hydrogen (secondary N) is 1. The van der Waals surface area contributed by atoms with Crippen LogP contribution in [0.5, 0.6) is 0 Å². The molecule has 0 aliphatic rings. The summed E-state index contributed by atoms with van der Waals surface area (Å²) in [7, 11) is 0. The van der Waals surface area contributed by atoms with Crippen LogP contribution in [0.15, 0.2) is 18.9 Å². The molecule has 6 heteroatoms. The zero-order valence-corrected chi connectivity index (χ0v) is 7.64.